The van der Waals surface area contributed by atoms with Crippen LogP contribution in [0.3, 0.4) is 0 Å². The first-order chi connectivity index (χ1) is 8.49. The van der Waals surface area contributed by atoms with E-state index >= 15 is 0 Å². The minimum Gasteiger partial charge on any atom is -0.387 e. The van der Waals surface area contributed by atoms with E-state index in [0.29, 0.717) is 13.7 Å². The van der Waals surface area contributed by atoms with Crippen LogP contribution in [0.5, 0.6) is 0 Å². The number of benzene rings is 1. The number of halogens is 4. The van der Waals surface area contributed by atoms with Crippen molar-refractivity contribution in [1.29, 1.82) is 0 Å². The average Bonchev–Trinajstić information content (AvgIpc) is 2.66. The van der Waals surface area contributed by atoms with E-state index in [0.717, 1.165) is 6.07 Å². The molecule has 1 nitrogen and oxygen atoms in total. The van der Waals surface area contributed by atoms with Crippen molar-refractivity contribution in [2.45, 2.75) is 12.5 Å². The first kappa shape index (κ1) is 13.9. The van der Waals surface area contributed by atoms with Gasteiger partial charge in [-0.2, -0.15) is 0 Å². The van der Waals surface area contributed by atoms with E-state index in [9.17, 15) is 13.9 Å². The van der Waals surface area contributed by atoms with Crippen LogP contribution >= 0.6 is 38.9 Å². The molecule has 0 fully saturated rings. The van der Waals surface area contributed by atoms with Gasteiger partial charge in [-0.3, -0.25) is 0 Å². The average molecular weight is 354 g/mol. The van der Waals surface area contributed by atoms with Crippen LogP contribution in [-0.4, -0.2) is 5.11 Å². The maximum Gasteiger partial charge on any atom is 0.162 e. The third-order valence-corrected chi connectivity index (χ3v) is 5.01. The maximum atomic E-state index is 13.4. The molecule has 0 saturated carbocycles. The molecule has 2 rings (SSSR count). The van der Waals surface area contributed by atoms with E-state index < -0.39 is 17.7 Å². The first-order valence-corrected chi connectivity index (χ1v) is 7.03. The molecule has 1 aromatic heterocycles. The van der Waals surface area contributed by atoms with Crippen LogP contribution in [-0.2, 0) is 6.42 Å². The van der Waals surface area contributed by atoms with Gasteiger partial charge >= 0.3 is 0 Å². The number of hydrogen-bond donors (Lipinski definition) is 1. The van der Waals surface area contributed by atoms with E-state index in [1.807, 2.05) is 0 Å². The highest BCUT2D eigenvalue weighted by Gasteiger charge is 2.17. The van der Waals surface area contributed by atoms with Crippen LogP contribution < -0.4 is 0 Å². The Hall–Kier alpha value is -0.490. The van der Waals surface area contributed by atoms with Crippen LogP contribution in [0.4, 0.5) is 8.78 Å². The quantitative estimate of drug-likeness (QED) is 0.846. The van der Waals surface area contributed by atoms with Crippen LogP contribution in [0.15, 0.2) is 28.1 Å². The Labute approximate surface area is 120 Å². The summed E-state index contributed by atoms with van der Waals surface area (Å²) in [5.74, 6) is -1.83. The van der Waals surface area contributed by atoms with Gasteiger partial charge in [0.1, 0.15) is 0 Å². The lowest BCUT2D eigenvalue weighted by Gasteiger charge is -2.09. The third-order valence-electron chi connectivity index (χ3n) is 2.44. The van der Waals surface area contributed by atoms with Crippen molar-refractivity contribution in [2.75, 3.05) is 0 Å². The number of aliphatic hydroxyl groups is 1. The zero-order valence-corrected chi connectivity index (χ0v) is 12.1. The van der Waals surface area contributed by atoms with Gasteiger partial charge in [-0.1, -0.05) is 23.7 Å². The van der Waals surface area contributed by atoms with Gasteiger partial charge in [0.2, 0.25) is 0 Å². The van der Waals surface area contributed by atoms with E-state index in [1.165, 1.54) is 23.5 Å². The lowest BCUT2D eigenvalue weighted by atomic mass is 10.1. The van der Waals surface area contributed by atoms with Gasteiger partial charge < -0.3 is 5.11 Å². The number of thiophene rings is 1. The monoisotopic (exact) mass is 352 g/mol. The summed E-state index contributed by atoms with van der Waals surface area (Å²) in [5, 5.41) is 10.5. The smallest absolute Gasteiger partial charge is 0.162 e. The summed E-state index contributed by atoms with van der Waals surface area (Å²) in [7, 11) is 0. The molecule has 0 saturated heterocycles. The topological polar surface area (TPSA) is 20.2 Å². The van der Waals surface area contributed by atoms with Crippen molar-refractivity contribution in [2.24, 2.45) is 0 Å². The van der Waals surface area contributed by atoms with E-state index in [1.54, 1.807) is 6.07 Å². The highest BCUT2D eigenvalue weighted by molar-refractivity contribution is 9.11. The Morgan fingerprint density at radius 1 is 1.39 bits per heavy atom. The lowest BCUT2D eigenvalue weighted by molar-refractivity contribution is 0.180. The van der Waals surface area contributed by atoms with Crippen molar-refractivity contribution in [3.63, 3.8) is 0 Å². The SMILES string of the molecule is OC(Cc1cccc(F)c1F)c1cc(Cl)c(Br)s1. The molecule has 0 aliphatic carbocycles. The Balaban J connectivity index is 2.21. The summed E-state index contributed by atoms with van der Waals surface area (Å²) < 4.78 is 27.2. The van der Waals surface area contributed by atoms with Gasteiger partial charge in [-0.05, 0) is 33.6 Å². The van der Waals surface area contributed by atoms with Crippen LogP contribution in [0, 0.1) is 11.6 Å². The molecule has 1 heterocycles. The molecule has 18 heavy (non-hydrogen) atoms. The molecule has 1 atom stereocenters. The summed E-state index contributed by atoms with van der Waals surface area (Å²) in [6.07, 6.45) is -0.900. The van der Waals surface area contributed by atoms with Gasteiger partial charge in [0, 0.05) is 11.3 Å². The molecule has 0 spiro atoms. The minimum absolute atomic E-state index is 0.00682. The van der Waals surface area contributed by atoms with Crippen molar-refractivity contribution in [3.8, 4) is 0 Å². The van der Waals surface area contributed by atoms with Crippen molar-refractivity contribution in [1.82, 2.24) is 0 Å². The number of aliphatic hydroxyl groups excluding tert-OH is 1. The molecule has 1 aromatic carbocycles. The molecular formula is C12H8BrClF2OS. The molecule has 0 amide bonds. The fourth-order valence-corrected chi connectivity index (χ4v) is 3.28. The first-order valence-electron chi connectivity index (χ1n) is 5.04. The highest BCUT2D eigenvalue weighted by atomic mass is 79.9. The molecule has 6 heteroatoms. The highest BCUT2D eigenvalue weighted by Crippen LogP contribution is 2.36. The molecule has 1 N–H and O–H groups in total. The zero-order chi connectivity index (χ0) is 13.3. The summed E-state index contributed by atoms with van der Waals surface area (Å²) in [6.45, 7) is 0. The predicted octanol–water partition coefficient (Wildman–Crippen LogP) is 4.72. The molecule has 2 aromatic rings. The lowest BCUT2D eigenvalue weighted by Crippen LogP contribution is -2.03. The second kappa shape index (κ2) is 5.65. The van der Waals surface area contributed by atoms with Gasteiger partial charge in [0.25, 0.3) is 0 Å². The molecular weight excluding hydrogens is 346 g/mol. The van der Waals surface area contributed by atoms with Crippen LogP contribution in [0.25, 0.3) is 0 Å². The van der Waals surface area contributed by atoms with Crippen molar-refractivity contribution < 1.29 is 13.9 Å². The Kier molecular flexibility index (Phi) is 4.37. The van der Waals surface area contributed by atoms with E-state index in [2.05, 4.69) is 15.9 Å². The van der Waals surface area contributed by atoms with Crippen molar-refractivity contribution >= 4 is 38.9 Å². The molecule has 0 bridgehead atoms. The van der Waals surface area contributed by atoms with Gasteiger partial charge in [0.05, 0.1) is 14.9 Å². The normalized spacial score (nSPS) is 12.7. The van der Waals surface area contributed by atoms with Crippen LogP contribution in [0.2, 0.25) is 5.02 Å². The zero-order valence-electron chi connectivity index (χ0n) is 8.96. The number of hydrogen-bond acceptors (Lipinski definition) is 2. The molecule has 1 unspecified atom stereocenters. The summed E-state index contributed by atoms with van der Waals surface area (Å²) >= 11 is 10.4. The van der Waals surface area contributed by atoms with Crippen LogP contribution in [0.1, 0.15) is 16.5 Å². The van der Waals surface area contributed by atoms with Gasteiger partial charge in [-0.15, -0.1) is 11.3 Å². The molecule has 0 radical (unpaired) electrons. The standard InChI is InChI=1S/C12H8BrClF2OS/c13-12-7(14)5-10(18-12)9(17)4-6-2-1-3-8(15)11(6)16/h1-3,5,9,17H,4H2. The van der Waals surface area contributed by atoms with E-state index in [-0.39, 0.29) is 12.0 Å². The second-order valence-corrected chi connectivity index (χ2v) is 6.51. The third kappa shape index (κ3) is 2.91. The molecule has 0 aliphatic heterocycles. The van der Waals surface area contributed by atoms with Gasteiger partial charge in [0.15, 0.2) is 11.6 Å². The number of rotatable bonds is 3. The molecule has 0 aliphatic rings. The summed E-state index contributed by atoms with van der Waals surface area (Å²) in [5.41, 5.74) is 0.142. The summed E-state index contributed by atoms with van der Waals surface area (Å²) in [4.78, 5) is 0.607. The fourth-order valence-electron chi connectivity index (χ4n) is 1.54. The fraction of sp³-hybridized carbons (Fsp3) is 0.167. The predicted molar refractivity (Wildman–Crippen MR) is 72.1 cm³/mol. The molecule has 96 valence electrons. The Morgan fingerprint density at radius 3 is 2.72 bits per heavy atom. The largest absolute Gasteiger partial charge is 0.387 e. The van der Waals surface area contributed by atoms with E-state index in [4.69, 9.17) is 11.6 Å². The maximum absolute atomic E-state index is 13.4. The Morgan fingerprint density at radius 2 is 2.11 bits per heavy atom. The Bertz CT molecular complexity index is 554. The second-order valence-electron chi connectivity index (χ2n) is 3.70. The van der Waals surface area contributed by atoms with Crippen molar-refractivity contribution in [3.05, 3.63) is 55.1 Å². The van der Waals surface area contributed by atoms with Gasteiger partial charge in [-0.25, -0.2) is 8.78 Å². The minimum atomic E-state index is -0.918. The summed E-state index contributed by atoms with van der Waals surface area (Å²) in [6, 6.07) is 5.52.